The highest BCUT2D eigenvalue weighted by Gasteiger charge is 2.09. The van der Waals surface area contributed by atoms with Gasteiger partial charge in [-0.3, -0.25) is 0 Å². The molecule has 0 unspecified atom stereocenters. The third-order valence-electron chi connectivity index (χ3n) is 1.84. The number of hydrogen-bond acceptors (Lipinski definition) is 1. The van der Waals surface area contributed by atoms with Gasteiger partial charge in [0, 0.05) is 24.4 Å². The van der Waals surface area contributed by atoms with E-state index in [4.69, 9.17) is 0 Å². The van der Waals surface area contributed by atoms with Gasteiger partial charge in [0.1, 0.15) is 0 Å². The molecule has 4 heteroatoms. The van der Waals surface area contributed by atoms with Crippen molar-refractivity contribution < 1.29 is 13.2 Å². The zero-order valence-electron chi connectivity index (χ0n) is 7.91. The molecule has 1 aromatic rings. The lowest BCUT2D eigenvalue weighted by Gasteiger charge is -2.06. The molecule has 0 bridgehead atoms. The van der Waals surface area contributed by atoms with E-state index in [0.717, 1.165) is 25.0 Å². The Hall–Kier alpha value is -1.19. The molecule has 0 aromatic heterocycles. The molecule has 0 saturated heterocycles. The fourth-order valence-electron chi connectivity index (χ4n) is 1.07. The van der Waals surface area contributed by atoms with E-state index < -0.39 is 17.5 Å². The Labute approximate surface area is 80.9 Å². The van der Waals surface area contributed by atoms with Crippen molar-refractivity contribution in [3.05, 3.63) is 29.6 Å². The van der Waals surface area contributed by atoms with Gasteiger partial charge in [-0.2, -0.15) is 0 Å². The normalized spacial score (nSPS) is 10.3. The summed E-state index contributed by atoms with van der Waals surface area (Å²) in [6, 6.07) is 1.90. The van der Waals surface area contributed by atoms with E-state index in [9.17, 15) is 13.2 Å². The van der Waals surface area contributed by atoms with Crippen LogP contribution in [0.15, 0.2) is 12.1 Å². The van der Waals surface area contributed by atoms with Crippen LogP contribution in [0.2, 0.25) is 0 Å². The first kappa shape index (κ1) is 10.9. The number of hydrogen-bond donors (Lipinski definition) is 1. The zero-order chi connectivity index (χ0) is 10.6. The van der Waals surface area contributed by atoms with Crippen LogP contribution in [0.4, 0.5) is 18.9 Å². The van der Waals surface area contributed by atoms with Crippen LogP contribution >= 0.6 is 0 Å². The third-order valence-corrected chi connectivity index (χ3v) is 1.84. The second kappa shape index (κ2) is 4.88. The average molecular weight is 203 g/mol. The van der Waals surface area contributed by atoms with Crippen LogP contribution in [0.25, 0.3) is 0 Å². The van der Waals surface area contributed by atoms with Crippen LogP contribution in [0, 0.1) is 17.5 Å². The Morgan fingerprint density at radius 3 is 2.21 bits per heavy atom. The van der Waals surface area contributed by atoms with Crippen LogP contribution in [-0.2, 0) is 0 Å². The molecule has 0 atom stereocenters. The number of benzene rings is 1. The lowest BCUT2D eigenvalue weighted by molar-refractivity contribution is 0.447. The monoisotopic (exact) mass is 203 g/mol. The summed E-state index contributed by atoms with van der Waals surface area (Å²) >= 11 is 0. The highest BCUT2D eigenvalue weighted by atomic mass is 19.2. The maximum atomic E-state index is 12.7. The maximum Gasteiger partial charge on any atom is 0.194 e. The van der Waals surface area contributed by atoms with Gasteiger partial charge in [0.25, 0.3) is 0 Å². The van der Waals surface area contributed by atoms with E-state index in [1.807, 2.05) is 6.92 Å². The molecule has 0 radical (unpaired) electrons. The van der Waals surface area contributed by atoms with E-state index >= 15 is 0 Å². The minimum Gasteiger partial charge on any atom is -0.385 e. The summed E-state index contributed by atoms with van der Waals surface area (Å²) in [5.74, 6) is -3.75. The fourth-order valence-corrected chi connectivity index (χ4v) is 1.07. The first-order chi connectivity index (χ1) is 6.65. The maximum absolute atomic E-state index is 12.7. The number of halogens is 3. The van der Waals surface area contributed by atoms with E-state index in [0.29, 0.717) is 6.54 Å². The minimum atomic E-state index is -1.42. The predicted octanol–water partition coefficient (Wildman–Crippen LogP) is 3.32. The summed E-state index contributed by atoms with van der Waals surface area (Å²) in [6.45, 7) is 2.63. The molecule has 14 heavy (non-hydrogen) atoms. The van der Waals surface area contributed by atoms with Gasteiger partial charge in [-0.1, -0.05) is 13.3 Å². The minimum absolute atomic E-state index is 0.273. The zero-order valence-corrected chi connectivity index (χ0v) is 7.91. The van der Waals surface area contributed by atoms with Crippen molar-refractivity contribution in [3.63, 3.8) is 0 Å². The molecule has 0 aliphatic carbocycles. The molecule has 1 nitrogen and oxygen atoms in total. The lowest BCUT2D eigenvalue weighted by Crippen LogP contribution is -2.03. The Bertz CT molecular complexity index is 289. The second-order valence-corrected chi connectivity index (χ2v) is 3.03. The summed E-state index contributed by atoms with van der Waals surface area (Å²) in [7, 11) is 0. The quantitative estimate of drug-likeness (QED) is 0.584. The average Bonchev–Trinajstić information content (AvgIpc) is 2.14. The standard InChI is InChI=1S/C10H12F3N/c1-2-3-4-14-7-5-8(11)10(13)9(12)6-7/h5-6,14H,2-4H2,1H3. The van der Waals surface area contributed by atoms with Crippen molar-refractivity contribution in [1.29, 1.82) is 0 Å². The summed E-state index contributed by atoms with van der Waals surface area (Å²) in [4.78, 5) is 0. The van der Waals surface area contributed by atoms with Gasteiger partial charge >= 0.3 is 0 Å². The second-order valence-electron chi connectivity index (χ2n) is 3.03. The summed E-state index contributed by atoms with van der Waals surface area (Å²) in [6.07, 6.45) is 1.89. The van der Waals surface area contributed by atoms with Crippen LogP contribution in [0.1, 0.15) is 19.8 Å². The van der Waals surface area contributed by atoms with Crippen molar-refractivity contribution >= 4 is 5.69 Å². The van der Waals surface area contributed by atoms with Gasteiger partial charge in [0.05, 0.1) is 0 Å². The summed E-state index contributed by atoms with van der Waals surface area (Å²) in [5, 5.41) is 2.81. The first-order valence-corrected chi connectivity index (χ1v) is 4.53. The molecule has 0 aliphatic heterocycles. The molecule has 0 heterocycles. The van der Waals surface area contributed by atoms with E-state index in [2.05, 4.69) is 5.32 Å². The Morgan fingerprint density at radius 1 is 1.14 bits per heavy atom. The Balaban J connectivity index is 2.69. The highest BCUT2D eigenvalue weighted by Crippen LogP contribution is 2.17. The number of rotatable bonds is 4. The third kappa shape index (κ3) is 2.65. The highest BCUT2D eigenvalue weighted by molar-refractivity contribution is 5.43. The molecule has 0 amide bonds. The van der Waals surface area contributed by atoms with Crippen molar-refractivity contribution in [1.82, 2.24) is 0 Å². The molecule has 78 valence electrons. The predicted molar refractivity (Wildman–Crippen MR) is 49.7 cm³/mol. The van der Waals surface area contributed by atoms with E-state index in [-0.39, 0.29) is 5.69 Å². The Morgan fingerprint density at radius 2 is 1.71 bits per heavy atom. The SMILES string of the molecule is CCCCNc1cc(F)c(F)c(F)c1. The van der Waals surface area contributed by atoms with Crippen LogP contribution in [0.5, 0.6) is 0 Å². The van der Waals surface area contributed by atoms with Gasteiger partial charge in [-0.25, -0.2) is 13.2 Å². The fraction of sp³-hybridized carbons (Fsp3) is 0.400. The molecular formula is C10H12F3N. The van der Waals surface area contributed by atoms with Gasteiger partial charge in [0.2, 0.25) is 0 Å². The number of anilines is 1. The van der Waals surface area contributed by atoms with Crippen LogP contribution in [-0.4, -0.2) is 6.54 Å². The molecule has 1 aromatic carbocycles. The van der Waals surface area contributed by atoms with Crippen molar-refractivity contribution in [2.24, 2.45) is 0 Å². The van der Waals surface area contributed by atoms with Crippen molar-refractivity contribution in [2.45, 2.75) is 19.8 Å². The molecular weight excluding hydrogens is 191 g/mol. The molecule has 1 rings (SSSR count). The van der Waals surface area contributed by atoms with Crippen LogP contribution in [0.3, 0.4) is 0 Å². The first-order valence-electron chi connectivity index (χ1n) is 4.53. The largest absolute Gasteiger partial charge is 0.385 e. The van der Waals surface area contributed by atoms with Gasteiger partial charge < -0.3 is 5.32 Å². The van der Waals surface area contributed by atoms with Gasteiger partial charge in [-0.05, 0) is 6.42 Å². The van der Waals surface area contributed by atoms with E-state index in [1.54, 1.807) is 0 Å². The smallest absolute Gasteiger partial charge is 0.194 e. The topological polar surface area (TPSA) is 12.0 Å². The van der Waals surface area contributed by atoms with Gasteiger partial charge in [0.15, 0.2) is 17.5 Å². The summed E-state index contributed by atoms with van der Waals surface area (Å²) in [5.41, 5.74) is 0.273. The molecule has 1 N–H and O–H groups in total. The van der Waals surface area contributed by atoms with Crippen molar-refractivity contribution in [2.75, 3.05) is 11.9 Å². The lowest BCUT2D eigenvalue weighted by atomic mass is 10.2. The molecule has 0 aliphatic rings. The number of nitrogens with one attached hydrogen (secondary N) is 1. The van der Waals surface area contributed by atoms with Crippen molar-refractivity contribution in [3.8, 4) is 0 Å². The summed E-state index contributed by atoms with van der Waals surface area (Å²) < 4.78 is 37.9. The van der Waals surface area contributed by atoms with E-state index in [1.165, 1.54) is 0 Å². The molecule has 0 fully saturated rings. The van der Waals surface area contributed by atoms with Crippen LogP contribution < -0.4 is 5.32 Å². The number of unbranched alkanes of at least 4 members (excludes halogenated alkanes) is 1. The molecule has 0 saturated carbocycles. The molecule has 0 spiro atoms. The van der Waals surface area contributed by atoms with Gasteiger partial charge in [-0.15, -0.1) is 0 Å². The Kier molecular flexibility index (Phi) is 3.80.